The first kappa shape index (κ1) is 10.8. The quantitative estimate of drug-likeness (QED) is 0.769. The molecule has 0 aromatic heterocycles. The Bertz CT molecular complexity index is 246. The van der Waals surface area contributed by atoms with Crippen molar-refractivity contribution in [1.82, 2.24) is 0 Å². The Balaban J connectivity index is 2.55. The molecule has 1 aromatic carbocycles. The number of benzene rings is 1. The number of aliphatic hydroxyl groups excluding tert-OH is 1. The average Bonchev–Trinajstić information content (AvgIpc) is 2.15. The molecule has 0 saturated heterocycles. The van der Waals surface area contributed by atoms with Gasteiger partial charge in [-0.25, -0.2) is 0 Å². The first-order valence-electron chi connectivity index (χ1n) is 4.23. The maximum absolute atomic E-state index is 9.64. The fourth-order valence-electron chi connectivity index (χ4n) is 1.12. The number of alkyl halides is 1. The van der Waals surface area contributed by atoms with Gasteiger partial charge in [0.25, 0.3) is 0 Å². The number of hydrogen-bond acceptors (Lipinski definition) is 1. The van der Waals surface area contributed by atoms with E-state index in [2.05, 4.69) is 0 Å². The van der Waals surface area contributed by atoms with Gasteiger partial charge in [-0.15, -0.1) is 11.6 Å². The van der Waals surface area contributed by atoms with E-state index in [1.807, 2.05) is 12.1 Å². The normalized spacial score (nSPS) is 12.8. The van der Waals surface area contributed by atoms with Crippen LogP contribution in [0.15, 0.2) is 24.3 Å². The minimum Gasteiger partial charge on any atom is -0.388 e. The van der Waals surface area contributed by atoms with Crippen molar-refractivity contribution in [3.8, 4) is 0 Å². The van der Waals surface area contributed by atoms with E-state index in [0.29, 0.717) is 17.3 Å². The molecule has 1 atom stereocenters. The zero-order valence-electron chi connectivity index (χ0n) is 7.21. The summed E-state index contributed by atoms with van der Waals surface area (Å²) in [4.78, 5) is 0. The van der Waals surface area contributed by atoms with Gasteiger partial charge in [0.1, 0.15) is 0 Å². The van der Waals surface area contributed by atoms with Crippen LogP contribution in [-0.2, 0) is 0 Å². The molecule has 1 nitrogen and oxygen atoms in total. The van der Waals surface area contributed by atoms with E-state index in [1.165, 1.54) is 0 Å². The van der Waals surface area contributed by atoms with Gasteiger partial charge in [-0.1, -0.05) is 23.7 Å². The minimum atomic E-state index is -0.420. The van der Waals surface area contributed by atoms with Crippen LogP contribution in [-0.4, -0.2) is 11.0 Å². The summed E-state index contributed by atoms with van der Waals surface area (Å²) in [5, 5.41) is 10.3. The first-order valence-corrected chi connectivity index (χ1v) is 5.15. The molecule has 72 valence electrons. The molecule has 1 rings (SSSR count). The first-order chi connectivity index (χ1) is 6.24. The topological polar surface area (TPSA) is 20.2 Å². The molecule has 0 unspecified atom stereocenters. The number of rotatable bonds is 4. The van der Waals surface area contributed by atoms with E-state index in [-0.39, 0.29) is 0 Å². The van der Waals surface area contributed by atoms with Crippen LogP contribution in [0.5, 0.6) is 0 Å². The minimum absolute atomic E-state index is 0.420. The van der Waals surface area contributed by atoms with Crippen LogP contribution in [0.3, 0.4) is 0 Å². The highest BCUT2D eigenvalue weighted by molar-refractivity contribution is 6.30. The van der Waals surface area contributed by atoms with E-state index in [0.717, 1.165) is 12.0 Å². The Hall–Kier alpha value is -0.240. The van der Waals surface area contributed by atoms with Crippen molar-refractivity contribution in [3.63, 3.8) is 0 Å². The zero-order valence-corrected chi connectivity index (χ0v) is 8.72. The second-order valence-electron chi connectivity index (χ2n) is 2.90. The molecule has 13 heavy (non-hydrogen) atoms. The second kappa shape index (κ2) is 5.48. The zero-order chi connectivity index (χ0) is 9.68. The molecule has 0 radical (unpaired) electrons. The fourth-order valence-corrected chi connectivity index (χ4v) is 1.40. The number of aliphatic hydroxyl groups is 1. The van der Waals surface area contributed by atoms with Gasteiger partial charge in [-0.05, 0) is 30.5 Å². The van der Waals surface area contributed by atoms with Gasteiger partial charge >= 0.3 is 0 Å². The van der Waals surface area contributed by atoms with Crippen molar-refractivity contribution < 1.29 is 5.11 Å². The standard InChI is InChI=1S/C10H12Cl2O/c11-7-1-2-10(13)8-3-5-9(12)6-4-8/h3-6,10,13H,1-2,7H2/t10-/m1/s1. The maximum atomic E-state index is 9.64. The third kappa shape index (κ3) is 3.55. The molecule has 3 heteroatoms. The molecule has 0 saturated carbocycles. The molecule has 0 amide bonds. The van der Waals surface area contributed by atoms with Crippen LogP contribution in [0, 0.1) is 0 Å². The Morgan fingerprint density at radius 1 is 1.23 bits per heavy atom. The van der Waals surface area contributed by atoms with Gasteiger partial charge in [-0.2, -0.15) is 0 Å². The van der Waals surface area contributed by atoms with Crippen molar-refractivity contribution in [1.29, 1.82) is 0 Å². The van der Waals surface area contributed by atoms with Crippen LogP contribution < -0.4 is 0 Å². The monoisotopic (exact) mass is 218 g/mol. The SMILES string of the molecule is O[C@H](CCCCl)c1ccc(Cl)cc1. The van der Waals surface area contributed by atoms with Crippen LogP contribution >= 0.6 is 23.2 Å². The molecule has 0 aliphatic carbocycles. The molecule has 0 heterocycles. The number of hydrogen-bond donors (Lipinski definition) is 1. The molecule has 0 aliphatic rings. The van der Waals surface area contributed by atoms with Crippen molar-refractivity contribution in [3.05, 3.63) is 34.9 Å². The van der Waals surface area contributed by atoms with Crippen LogP contribution in [0.2, 0.25) is 5.02 Å². The Morgan fingerprint density at radius 3 is 2.38 bits per heavy atom. The third-order valence-electron chi connectivity index (χ3n) is 1.87. The van der Waals surface area contributed by atoms with Gasteiger partial charge < -0.3 is 5.11 Å². The van der Waals surface area contributed by atoms with Crippen LogP contribution in [0.4, 0.5) is 0 Å². The van der Waals surface area contributed by atoms with Gasteiger partial charge in [0.15, 0.2) is 0 Å². The predicted molar refractivity (Wildman–Crippen MR) is 56.4 cm³/mol. The van der Waals surface area contributed by atoms with Crippen molar-refractivity contribution in [2.24, 2.45) is 0 Å². The average molecular weight is 219 g/mol. The lowest BCUT2D eigenvalue weighted by atomic mass is 10.1. The predicted octanol–water partition coefficient (Wildman–Crippen LogP) is 3.39. The fraction of sp³-hybridized carbons (Fsp3) is 0.400. The summed E-state index contributed by atoms with van der Waals surface area (Å²) < 4.78 is 0. The van der Waals surface area contributed by atoms with Crippen molar-refractivity contribution in [2.45, 2.75) is 18.9 Å². The molecule has 0 aliphatic heterocycles. The lowest BCUT2D eigenvalue weighted by molar-refractivity contribution is 0.167. The van der Waals surface area contributed by atoms with Gasteiger partial charge in [0.05, 0.1) is 6.10 Å². The largest absolute Gasteiger partial charge is 0.388 e. The molecular formula is C10H12Cl2O. The van der Waals surface area contributed by atoms with Crippen LogP contribution in [0.25, 0.3) is 0 Å². The highest BCUT2D eigenvalue weighted by Crippen LogP contribution is 2.20. The lowest BCUT2D eigenvalue weighted by Gasteiger charge is -2.09. The highest BCUT2D eigenvalue weighted by Gasteiger charge is 2.05. The molecular weight excluding hydrogens is 207 g/mol. The van der Waals surface area contributed by atoms with E-state index in [1.54, 1.807) is 12.1 Å². The Kier molecular flexibility index (Phi) is 4.57. The van der Waals surface area contributed by atoms with E-state index >= 15 is 0 Å². The van der Waals surface area contributed by atoms with E-state index in [4.69, 9.17) is 23.2 Å². The summed E-state index contributed by atoms with van der Waals surface area (Å²) in [7, 11) is 0. The van der Waals surface area contributed by atoms with Gasteiger partial charge in [0.2, 0.25) is 0 Å². The van der Waals surface area contributed by atoms with Gasteiger partial charge in [0, 0.05) is 10.9 Å². The molecule has 0 bridgehead atoms. The van der Waals surface area contributed by atoms with E-state index in [9.17, 15) is 5.11 Å². The molecule has 1 aromatic rings. The van der Waals surface area contributed by atoms with Gasteiger partial charge in [-0.3, -0.25) is 0 Å². The summed E-state index contributed by atoms with van der Waals surface area (Å²) in [6, 6.07) is 7.23. The third-order valence-corrected chi connectivity index (χ3v) is 2.39. The molecule has 1 N–H and O–H groups in total. The van der Waals surface area contributed by atoms with Crippen molar-refractivity contribution in [2.75, 3.05) is 5.88 Å². The Labute approximate surface area is 88.3 Å². The summed E-state index contributed by atoms with van der Waals surface area (Å²) >= 11 is 11.2. The highest BCUT2D eigenvalue weighted by atomic mass is 35.5. The molecule has 0 fully saturated rings. The summed E-state index contributed by atoms with van der Waals surface area (Å²) in [5.74, 6) is 0.588. The van der Waals surface area contributed by atoms with E-state index < -0.39 is 6.10 Å². The maximum Gasteiger partial charge on any atom is 0.0790 e. The van der Waals surface area contributed by atoms with Crippen LogP contribution in [0.1, 0.15) is 24.5 Å². The summed E-state index contributed by atoms with van der Waals surface area (Å²) in [6.45, 7) is 0. The number of halogens is 2. The second-order valence-corrected chi connectivity index (χ2v) is 3.71. The summed E-state index contributed by atoms with van der Waals surface area (Å²) in [6.07, 6.45) is 1.10. The molecule has 0 spiro atoms. The summed E-state index contributed by atoms with van der Waals surface area (Å²) in [5.41, 5.74) is 0.898. The van der Waals surface area contributed by atoms with Crippen molar-refractivity contribution >= 4 is 23.2 Å². The lowest BCUT2D eigenvalue weighted by Crippen LogP contribution is -1.97. The Morgan fingerprint density at radius 2 is 1.85 bits per heavy atom. The smallest absolute Gasteiger partial charge is 0.0790 e.